The SMILES string of the molecule is Cc1nc(N2CC(N3CCOCC3)CC2C)nc2ccccc12. The van der Waals surface area contributed by atoms with E-state index in [-0.39, 0.29) is 0 Å². The summed E-state index contributed by atoms with van der Waals surface area (Å²) in [5, 5.41) is 1.15. The van der Waals surface area contributed by atoms with Crippen LogP contribution in [0.1, 0.15) is 19.0 Å². The summed E-state index contributed by atoms with van der Waals surface area (Å²) in [5.41, 5.74) is 2.10. The Bertz CT molecular complexity index is 698. The summed E-state index contributed by atoms with van der Waals surface area (Å²) in [6.45, 7) is 9.18. The van der Waals surface area contributed by atoms with E-state index < -0.39 is 0 Å². The van der Waals surface area contributed by atoms with Crippen molar-refractivity contribution in [3.63, 3.8) is 0 Å². The topological polar surface area (TPSA) is 41.5 Å². The van der Waals surface area contributed by atoms with Gasteiger partial charge in [0.2, 0.25) is 5.95 Å². The van der Waals surface area contributed by atoms with Gasteiger partial charge in [0, 0.05) is 37.1 Å². The van der Waals surface area contributed by atoms with E-state index in [0.717, 1.165) is 55.4 Å². The summed E-state index contributed by atoms with van der Waals surface area (Å²) >= 11 is 0. The third-order valence-corrected chi connectivity index (χ3v) is 5.15. The molecule has 5 heteroatoms. The van der Waals surface area contributed by atoms with Gasteiger partial charge in [0.15, 0.2) is 0 Å². The van der Waals surface area contributed by atoms with Crippen LogP contribution in [-0.4, -0.2) is 59.8 Å². The van der Waals surface area contributed by atoms with Crippen molar-refractivity contribution in [2.45, 2.75) is 32.4 Å². The third-order valence-electron chi connectivity index (χ3n) is 5.15. The predicted octanol–water partition coefficient (Wildman–Crippen LogP) is 2.24. The van der Waals surface area contributed by atoms with Crippen LogP contribution in [0.4, 0.5) is 5.95 Å². The fourth-order valence-corrected chi connectivity index (χ4v) is 3.84. The van der Waals surface area contributed by atoms with E-state index in [2.05, 4.69) is 35.8 Å². The molecule has 4 rings (SSSR count). The van der Waals surface area contributed by atoms with Crippen molar-refractivity contribution in [2.75, 3.05) is 37.7 Å². The molecule has 1 aromatic heterocycles. The molecule has 0 bridgehead atoms. The first-order chi connectivity index (χ1) is 11.2. The summed E-state index contributed by atoms with van der Waals surface area (Å²) in [5.74, 6) is 0.879. The maximum atomic E-state index is 5.48. The Morgan fingerprint density at radius 1 is 1.13 bits per heavy atom. The van der Waals surface area contributed by atoms with E-state index in [1.54, 1.807) is 0 Å². The van der Waals surface area contributed by atoms with Crippen molar-refractivity contribution in [1.82, 2.24) is 14.9 Å². The van der Waals surface area contributed by atoms with Crippen LogP contribution < -0.4 is 4.90 Å². The van der Waals surface area contributed by atoms with Crippen LogP contribution in [0, 0.1) is 6.92 Å². The lowest BCUT2D eigenvalue weighted by atomic mass is 10.1. The van der Waals surface area contributed by atoms with Gasteiger partial charge in [0.1, 0.15) is 0 Å². The highest BCUT2D eigenvalue weighted by Gasteiger charge is 2.35. The number of anilines is 1. The minimum atomic E-state index is 0.475. The Kier molecular flexibility index (Phi) is 3.91. The van der Waals surface area contributed by atoms with E-state index in [1.165, 1.54) is 6.42 Å². The zero-order valence-electron chi connectivity index (χ0n) is 13.9. The van der Waals surface area contributed by atoms with Crippen LogP contribution in [0.15, 0.2) is 24.3 Å². The lowest BCUT2D eigenvalue weighted by Crippen LogP contribution is -2.44. The molecular formula is C18H24N4O. The standard InChI is InChI=1S/C18H24N4O/c1-13-11-15(21-7-9-23-10-8-21)12-22(13)18-19-14(2)16-5-3-4-6-17(16)20-18/h3-6,13,15H,7-12H2,1-2H3. The molecule has 0 spiro atoms. The maximum absolute atomic E-state index is 5.48. The van der Waals surface area contributed by atoms with Gasteiger partial charge in [-0.2, -0.15) is 0 Å². The highest BCUT2D eigenvalue weighted by molar-refractivity contribution is 5.81. The molecule has 3 heterocycles. The highest BCUT2D eigenvalue weighted by Crippen LogP contribution is 2.28. The molecule has 0 N–H and O–H groups in total. The fraction of sp³-hybridized carbons (Fsp3) is 0.556. The monoisotopic (exact) mass is 312 g/mol. The minimum absolute atomic E-state index is 0.475. The average Bonchev–Trinajstić information content (AvgIpc) is 2.97. The number of benzene rings is 1. The third kappa shape index (κ3) is 2.79. The number of morpholine rings is 1. The number of para-hydroxylation sites is 1. The summed E-state index contributed by atoms with van der Waals surface area (Å²) in [6, 6.07) is 9.33. The Hall–Kier alpha value is -1.72. The number of rotatable bonds is 2. The van der Waals surface area contributed by atoms with Crippen molar-refractivity contribution in [3.8, 4) is 0 Å². The van der Waals surface area contributed by atoms with Crippen molar-refractivity contribution in [2.24, 2.45) is 0 Å². The first kappa shape index (κ1) is 14.8. The van der Waals surface area contributed by atoms with Gasteiger partial charge < -0.3 is 9.64 Å². The second-order valence-corrected chi connectivity index (χ2v) is 6.67. The van der Waals surface area contributed by atoms with Crippen LogP contribution in [0.25, 0.3) is 10.9 Å². The van der Waals surface area contributed by atoms with Gasteiger partial charge in [0.25, 0.3) is 0 Å². The van der Waals surface area contributed by atoms with Crippen LogP contribution in [-0.2, 0) is 4.74 Å². The lowest BCUT2D eigenvalue weighted by molar-refractivity contribution is 0.0204. The van der Waals surface area contributed by atoms with E-state index in [4.69, 9.17) is 14.7 Å². The van der Waals surface area contributed by atoms with E-state index in [0.29, 0.717) is 12.1 Å². The molecule has 2 saturated heterocycles. The molecule has 2 aliphatic heterocycles. The molecule has 5 nitrogen and oxygen atoms in total. The van der Waals surface area contributed by atoms with Gasteiger partial charge in [-0.05, 0) is 26.3 Å². The fourth-order valence-electron chi connectivity index (χ4n) is 3.84. The molecule has 0 aliphatic carbocycles. The molecular weight excluding hydrogens is 288 g/mol. The van der Waals surface area contributed by atoms with Crippen LogP contribution in [0.5, 0.6) is 0 Å². The zero-order chi connectivity index (χ0) is 15.8. The van der Waals surface area contributed by atoms with Crippen molar-refractivity contribution < 1.29 is 4.74 Å². The summed E-state index contributed by atoms with van der Waals surface area (Å²) in [6.07, 6.45) is 1.18. The number of ether oxygens (including phenoxy) is 1. The van der Waals surface area contributed by atoms with E-state index >= 15 is 0 Å². The molecule has 0 saturated carbocycles. The normalized spacial score (nSPS) is 26.1. The predicted molar refractivity (Wildman–Crippen MR) is 91.9 cm³/mol. The molecule has 2 atom stereocenters. The first-order valence-corrected chi connectivity index (χ1v) is 8.54. The highest BCUT2D eigenvalue weighted by atomic mass is 16.5. The summed E-state index contributed by atoms with van der Waals surface area (Å²) in [7, 11) is 0. The Morgan fingerprint density at radius 2 is 1.91 bits per heavy atom. The van der Waals surface area contributed by atoms with Gasteiger partial charge >= 0.3 is 0 Å². The molecule has 1 aromatic carbocycles. The second kappa shape index (κ2) is 6.06. The van der Waals surface area contributed by atoms with Gasteiger partial charge in [-0.25, -0.2) is 9.97 Å². The largest absolute Gasteiger partial charge is 0.379 e. The number of aryl methyl sites for hydroxylation is 1. The van der Waals surface area contributed by atoms with Gasteiger partial charge in [0.05, 0.1) is 24.4 Å². The number of aromatic nitrogens is 2. The Labute approximate surface area is 137 Å². The van der Waals surface area contributed by atoms with Crippen molar-refractivity contribution >= 4 is 16.9 Å². The van der Waals surface area contributed by atoms with E-state index in [1.807, 2.05) is 12.1 Å². The smallest absolute Gasteiger partial charge is 0.226 e. The second-order valence-electron chi connectivity index (χ2n) is 6.67. The first-order valence-electron chi connectivity index (χ1n) is 8.54. The molecule has 122 valence electrons. The average molecular weight is 312 g/mol. The maximum Gasteiger partial charge on any atom is 0.226 e. The van der Waals surface area contributed by atoms with Gasteiger partial charge in [-0.1, -0.05) is 18.2 Å². The molecule has 23 heavy (non-hydrogen) atoms. The molecule has 2 aliphatic rings. The number of hydrogen-bond acceptors (Lipinski definition) is 5. The molecule has 2 fully saturated rings. The van der Waals surface area contributed by atoms with E-state index in [9.17, 15) is 0 Å². The van der Waals surface area contributed by atoms with Crippen molar-refractivity contribution in [1.29, 1.82) is 0 Å². The summed E-state index contributed by atoms with van der Waals surface area (Å²) in [4.78, 5) is 14.5. The van der Waals surface area contributed by atoms with Crippen LogP contribution >= 0.6 is 0 Å². The lowest BCUT2D eigenvalue weighted by Gasteiger charge is -2.32. The number of fused-ring (bicyclic) bond motifs is 1. The zero-order valence-corrected chi connectivity index (χ0v) is 13.9. The van der Waals surface area contributed by atoms with Gasteiger partial charge in [-0.15, -0.1) is 0 Å². The molecule has 0 radical (unpaired) electrons. The Balaban J connectivity index is 1.60. The minimum Gasteiger partial charge on any atom is -0.379 e. The number of nitrogens with zero attached hydrogens (tertiary/aromatic N) is 4. The molecule has 0 amide bonds. The number of hydrogen-bond donors (Lipinski definition) is 0. The van der Waals surface area contributed by atoms with Crippen molar-refractivity contribution in [3.05, 3.63) is 30.0 Å². The molecule has 2 unspecified atom stereocenters. The quantitative estimate of drug-likeness (QED) is 0.851. The van der Waals surface area contributed by atoms with Crippen LogP contribution in [0.2, 0.25) is 0 Å². The van der Waals surface area contributed by atoms with Crippen LogP contribution in [0.3, 0.4) is 0 Å². The van der Waals surface area contributed by atoms with Gasteiger partial charge in [-0.3, -0.25) is 4.90 Å². The Morgan fingerprint density at radius 3 is 2.74 bits per heavy atom. The summed E-state index contributed by atoms with van der Waals surface area (Å²) < 4.78 is 5.48. The molecule has 2 aromatic rings.